The number of amides is 1. The van der Waals surface area contributed by atoms with Crippen LogP contribution in [0, 0.1) is 0 Å². The Morgan fingerprint density at radius 2 is 2.13 bits per heavy atom. The minimum absolute atomic E-state index is 0.0879. The Morgan fingerprint density at radius 3 is 2.67 bits per heavy atom. The molecule has 0 aromatic carbocycles. The number of hydrogen-bond acceptors (Lipinski definition) is 3. The summed E-state index contributed by atoms with van der Waals surface area (Å²) in [7, 11) is 0. The van der Waals surface area contributed by atoms with Gasteiger partial charge in [-0.1, -0.05) is 0 Å². The number of likely N-dealkylation sites (N-methyl/N-ethyl adjacent to an activating group) is 1. The highest BCUT2D eigenvalue weighted by Crippen LogP contribution is 2.31. The third-order valence-electron chi connectivity index (χ3n) is 2.77. The molecule has 1 saturated heterocycles. The second-order valence-electron chi connectivity index (χ2n) is 3.61. The number of carbonyl (C=O) groups is 1. The maximum absolute atomic E-state index is 11.5. The maximum atomic E-state index is 11.5. The molecule has 1 aromatic heterocycles. The summed E-state index contributed by atoms with van der Waals surface area (Å²) in [6.07, 6.45) is 3.03. The zero-order valence-corrected chi connectivity index (χ0v) is 8.88. The van der Waals surface area contributed by atoms with Gasteiger partial charge in [-0.25, -0.2) is 4.79 Å². The SMILES string of the molecule is CCN1C(=O)O[C@H](c2ccncc2)[C@@H]1C. The van der Waals surface area contributed by atoms with Gasteiger partial charge in [0.05, 0.1) is 6.04 Å². The van der Waals surface area contributed by atoms with Crippen molar-refractivity contribution in [1.29, 1.82) is 0 Å². The molecule has 1 amide bonds. The average molecular weight is 206 g/mol. The van der Waals surface area contributed by atoms with E-state index in [1.165, 1.54) is 0 Å². The van der Waals surface area contributed by atoms with E-state index in [1.807, 2.05) is 26.0 Å². The third-order valence-corrected chi connectivity index (χ3v) is 2.77. The molecule has 15 heavy (non-hydrogen) atoms. The molecule has 1 fully saturated rings. The van der Waals surface area contributed by atoms with E-state index in [-0.39, 0.29) is 18.2 Å². The minimum Gasteiger partial charge on any atom is -0.439 e. The van der Waals surface area contributed by atoms with Crippen molar-refractivity contribution in [1.82, 2.24) is 9.88 Å². The molecule has 0 bridgehead atoms. The first kappa shape index (κ1) is 9.96. The zero-order valence-electron chi connectivity index (χ0n) is 8.88. The summed E-state index contributed by atoms with van der Waals surface area (Å²) in [6.45, 7) is 4.63. The van der Waals surface area contributed by atoms with Crippen molar-refractivity contribution in [2.24, 2.45) is 0 Å². The number of hydrogen-bond donors (Lipinski definition) is 0. The number of aromatic nitrogens is 1. The third kappa shape index (κ3) is 1.67. The van der Waals surface area contributed by atoms with Crippen LogP contribution in [0.1, 0.15) is 25.5 Å². The normalized spacial score (nSPS) is 25.5. The Bertz CT molecular complexity index is 353. The van der Waals surface area contributed by atoms with E-state index in [9.17, 15) is 4.79 Å². The number of ether oxygens (including phenoxy) is 1. The minimum atomic E-state index is -0.230. The van der Waals surface area contributed by atoms with E-state index in [4.69, 9.17) is 4.74 Å². The summed E-state index contributed by atoms with van der Waals surface area (Å²) >= 11 is 0. The monoisotopic (exact) mass is 206 g/mol. The van der Waals surface area contributed by atoms with Crippen LogP contribution in [0.4, 0.5) is 4.79 Å². The molecule has 4 heteroatoms. The number of pyridine rings is 1. The summed E-state index contributed by atoms with van der Waals surface area (Å²) in [5.41, 5.74) is 1.00. The Balaban J connectivity index is 2.23. The summed E-state index contributed by atoms with van der Waals surface area (Å²) in [5, 5.41) is 0. The van der Waals surface area contributed by atoms with Crippen LogP contribution in [0.2, 0.25) is 0 Å². The molecule has 0 unspecified atom stereocenters. The zero-order chi connectivity index (χ0) is 10.8. The van der Waals surface area contributed by atoms with Crippen LogP contribution in [-0.4, -0.2) is 28.6 Å². The number of carbonyl (C=O) groups excluding carboxylic acids is 1. The predicted octanol–water partition coefficient (Wildman–Crippen LogP) is 1.98. The maximum Gasteiger partial charge on any atom is 0.410 e. The first-order chi connectivity index (χ1) is 7.24. The van der Waals surface area contributed by atoms with Crippen molar-refractivity contribution >= 4 is 6.09 Å². The molecule has 4 nitrogen and oxygen atoms in total. The van der Waals surface area contributed by atoms with Crippen molar-refractivity contribution in [3.63, 3.8) is 0 Å². The lowest BCUT2D eigenvalue weighted by atomic mass is 10.1. The Labute approximate surface area is 88.9 Å². The van der Waals surface area contributed by atoms with Gasteiger partial charge >= 0.3 is 6.09 Å². The smallest absolute Gasteiger partial charge is 0.410 e. The first-order valence-corrected chi connectivity index (χ1v) is 5.11. The van der Waals surface area contributed by atoms with Gasteiger partial charge in [-0.15, -0.1) is 0 Å². The largest absolute Gasteiger partial charge is 0.439 e. The number of nitrogens with zero attached hydrogens (tertiary/aromatic N) is 2. The standard InChI is InChI=1S/C11H14N2O2/c1-3-13-8(2)10(15-11(13)14)9-4-6-12-7-5-9/h4-8,10H,3H2,1-2H3/t8-,10-/m0/s1. The van der Waals surface area contributed by atoms with Gasteiger partial charge in [-0.3, -0.25) is 4.98 Å². The van der Waals surface area contributed by atoms with Crippen LogP contribution in [0.15, 0.2) is 24.5 Å². The molecule has 0 saturated carbocycles. The summed E-state index contributed by atoms with van der Waals surface area (Å²) < 4.78 is 5.32. The van der Waals surface area contributed by atoms with Gasteiger partial charge in [-0.05, 0) is 31.5 Å². The Kier molecular flexibility index (Phi) is 2.58. The fourth-order valence-electron chi connectivity index (χ4n) is 1.92. The molecular weight excluding hydrogens is 192 g/mol. The van der Waals surface area contributed by atoms with Gasteiger partial charge in [0.2, 0.25) is 0 Å². The second kappa shape index (κ2) is 3.88. The van der Waals surface area contributed by atoms with Crippen LogP contribution >= 0.6 is 0 Å². The van der Waals surface area contributed by atoms with E-state index < -0.39 is 0 Å². The van der Waals surface area contributed by atoms with Gasteiger partial charge in [0, 0.05) is 18.9 Å². The number of cyclic esters (lactones) is 1. The highest BCUT2D eigenvalue weighted by molar-refractivity contribution is 5.70. The van der Waals surface area contributed by atoms with Gasteiger partial charge < -0.3 is 9.64 Å². The quantitative estimate of drug-likeness (QED) is 0.743. The Hall–Kier alpha value is -1.58. The van der Waals surface area contributed by atoms with E-state index >= 15 is 0 Å². The topological polar surface area (TPSA) is 42.4 Å². The van der Waals surface area contributed by atoms with Crippen LogP contribution in [0.5, 0.6) is 0 Å². The van der Waals surface area contributed by atoms with E-state index in [0.717, 1.165) is 5.56 Å². The van der Waals surface area contributed by atoms with Crippen molar-refractivity contribution < 1.29 is 9.53 Å². The molecule has 0 radical (unpaired) electrons. The molecule has 2 heterocycles. The van der Waals surface area contributed by atoms with E-state index in [1.54, 1.807) is 17.3 Å². The molecule has 2 rings (SSSR count). The van der Waals surface area contributed by atoms with E-state index in [0.29, 0.717) is 6.54 Å². The van der Waals surface area contributed by atoms with Crippen molar-refractivity contribution in [2.75, 3.05) is 6.54 Å². The van der Waals surface area contributed by atoms with Crippen LogP contribution < -0.4 is 0 Å². The fourth-order valence-corrected chi connectivity index (χ4v) is 1.92. The van der Waals surface area contributed by atoms with Crippen molar-refractivity contribution in [3.8, 4) is 0 Å². The van der Waals surface area contributed by atoms with Gasteiger partial charge in [0.25, 0.3) is 0 Å². The lowest BCUT2D eigenvalue weighted by molar-refractivity contribution is 0.131. The van der Waals surface area contributed by atoms with Crippen molar-refractivity contribution in [3.05, 3.63) is 30.1 Å². The van der Waals surface area contributed by atoms with Gasteiger partial charge in [-0.2, -0.15) is 0 Å². The van der Waals surface area contributed by atoms with Gasteiger partial charge in [0.15, 0.2) is 0 Å². The lowest BCUT2D eigenvalue weighted by Gasteiger charge is -2.18. The summed E-state index contributed by atoms with van der Waals surface area (Å²) in [6, 6.07) is 3.85. The lowest BCUT2D eigenvalue weighted by Crippen LogP contribution is -2.31. The average Bonchev–Trinajstić information content (AvgIpc) is 2.55. The van der Waals surface area contributed by atoms with Gasteiger partial charge in [0.1, 0.15) is 6.10 Å². The number of rotatable bonds is 2. The molecule has 0 aliphatic carbocycles. The molecule has 1 aliphatic heterocycles. The Morgan fingerprint density at radius 1 is 1.47 bits per heavy atom. The van der Waals surface area contributed by atoms with Crippen LogP contribution in [-0.2, 0) is 4.74 Å². The van der Waals surface area contributed by atoms with E-state index in [2.05, 4.69) is 4.98 Å². The second-order valence-corrected chi connectivity index (χ2v) is 3.61. The molecule has 2 atom stereocenters. The molecule has 0 N–H and O–H groups in total. The predicted molar refractivity (Wildman–Crippen MR) is 55.3 cm³/mol. The first-order valence-electron chi connectivity index (χ1n) is 5.11. The van der Waals surface area contributed by atoms with Crippen LogP contribution in [0.25, 0.3) is 0 Å². The fraction of sp³-hybridized carbons (Fsp3) is 0.455. The molecule has 80 valence electrons. The summed E-state index contributed by atoms with van der Waals surface area (Å²) in [4.78, 5) is 17.2. The molecule has 1 aliphatic rings. The molecular formula is C11H14N2O2. The molecule has 0 spiro atoms. The van der Waals surface area contributed by atoms with Crippen molar-refractivity contribution in [2.45, 2.75) is 26.0 Å². The highest BCUT2D eigenvalue weighted by Gasteiger charge is 2.38. The van der Waals surface area contributed by atoms with Crippen LogP contribution in [0.3, 0.4) is 0 Å². The highest BCUT2D eigenvalue weighted by atomic mass is 16.6. The molecule has 1 aromatic rings. The summed E-state index contributed by atoms with van der Waals surface area (Å²) in [5.74, 6) is 0.